The molecule has 0 aromatic carbocycles. The maximum Gasteiger partial charge on any atom is 0.132 e. The van der Waals surface area contributed by atoms with Crippen LogP contribution in [0, 0.1) is 0 Å². The first-order chi connectivity index (χ1) is 8.26. The molecule has 0 fully saturated rings. The average molecular weight is 251 g/mol. The first kappa shape index (κ1) is 14.2. The second-order valence-electron chi connectivity index (χ2n) is 4.12. The number of hydrogen-bond acceptors (Lipinski definition) is 3. The highest BCUT2D eigenvalue weighted by Crippen LogP contribution is 2.20. The second kappa shape index (κ2) is 8.29. The van der Waals surface area contributed by atoms with Gasteiger partial charge >= 0.3 is 0 Å². The number of ketones is 1. The fourth-order valence-corrected chi connectivity index (χ4v) is 2.50. The van der Waals surface area contributed by atoms with E-state index in [9.17, 15) is 4.79 Å². The highest BCUT2D eigenvalue weighted by Gasteiger charge is 2.00. The first-order valence-electron chi connectivity index (χ1n) is 6.34. The van der Waals surface area contributed by atoms with E-state index in [0.29, 0.717) is 18.6 Å². The first-order valence-corrected chi connectivity index (χ1v) is 7.33. The highest BCUT2D eigenvalue weighted by molar-refractivity contribution is 7.99. The summed E-state index contributed by atoms with van der Waals surface area (Å²) in [7, 11) is 0. The van der Waals surface area contributed by atoms with Gasteiger partial charge in [0.05, 0.1) is 0 Å². The van der Waals surface area contributed by atoms with E-state index in [-0.39, 0.29) is 0 Å². The zero-order chi connectivity index (χ0) is 12.5. The predicted molar refractivity (Wildman–Crippen MR) is 73.5 cm³/mol. The Morgan fingerprint density at radius 1 is 1.35 bits per heavy atom. The number of aromatic nitrogens is 1. The molecule has 0 atom stereocenters. The van der Waals surface area contributed by atoms with Crippen LogP contribution in [0.2, 0.25) is 0 Å². The Morgan fingerprint density at radius 3 is 2.88 bits per heavy atom. The molecule has 94 valence electrons. The van der Waals surface area contributed by atoms with Crippen LogP contribution in [0.5, 0.6) is 0 Å². The summed E-state index contributed by atoms with van der Waals surface area (Å²) in [4.78, 5) is 16.6. The van der Waals surface area contributed by atoms with Gasteiger partial charge in [-0.15, -0.1) is 11.8 Å². The minimum atomic E-state index is 0.364. The van der Waals surface area contributed by atoms with Crippen LogP contribution in [0.3, 0.4) is 0 Å². The fourth-order valence-electron chi connectivity index (χ4n) is 1.60. The van der Waals surface area contributed by atoms with Crippen molar-refractivity contribution in [2.45, 2.75) is 50.8 Å². The Kier molecular flexibility index (Phi) is 6.94. The third kappa shape index (κ3) is 5.87. The van der Waals surface area contributed by atoms with Crippen molar-refractivity contribution >= 4 is 17.5 Å². The number of aryl methyl sites for hydroxylation is 1. The summed E-state index contributed by atoms with van der Waals surface area (Å²) in [6.45, 7) is 4.10. The number of rotatable bonds is 8. The van der Waals surface area contributed by atoms with Gasteiger partial charge in [0.2, 0.25) is 0 Å². The standard InChI is InChI=1S/C14H21NOS/c1-3-6-12-9-14(11-15-10-12)17-8-5-7-13(16)4-2/h9-11H,3-8H2,1-2H3. The highest BCUT2D eigenvalue weighted by atomic mass is 32.2. The number of carbonyl (C=O) groups excluding carboxylic acids is 1. The molecule has 1 aromatic heterocycles. The Balaban J connectivity index is 2.31. The van der Waals surface area contributed by atoms with E-state index in [4.69, 9.17) is 0 Å². The molecule has 1 heterocycles. The van der Waals surface area contributed by atoms with E-state index < -0.39 is 0 Å². The van der Waals surface area contributed by atoms with Gasteiger partial charge in [0.25, 0.3) is 0 Å². The van der Waals surface area contributed by atoms with Crippen molar-refractivity contribution < 1.29 is 4.79 Å². The van der Waals surface area contributed by atoms with Crippen LogP contribution in [0.15, 0.2) is 23.4 Å². The molecule has 0 unspecified atom stereocenters. The van der Waals surface area contributed by atoms with Gasteiger partial charge in [-0.05, 0) is 30.2 Å². The molecule has 17 heavy (non-hydrogen) atoms. The lowest BCUT2D eigenvalue weighted by atomic mass is 10.2. The number of Topliss-reactive ketones (excluding diaryl/α,β-unsaturated/α-hetero) is 1. The van der Waals surface area contributed by atoms with Gasteiger partial charge in [-0.3, -0.25) is 9.78 Å². The summed E-state index contributed by atoms with van der Waals surface area (Å²) in [6.07, 6.45) is 8.44. The summed E-state index contributed by atoms with van der Waals surface area (Å²) < 4.78 is 0. The van der Waals surface area contributed by atoms with Gasteiger partial charge in [0, 0.05) is 30.1 Å². The molecule has 0 amide bonds. The Labute approximate surface area is 108 Å². The average Bonchev–Trinajstić information content (AvgIpc) is 2.35. The normalized spacial score (nSPS) is 10.5. The Hall–Kier alpha value is -0.830. The quantitative estimate of drug-likeness (QED) is 0.518. The van der Waals surface area contributed by atoms with Crippen molar-refractivity contribution in [3.8, 4) is 0 Å². The molecule has 1 aromatic rings. The van der Waals surface area contributed by atoms with Crippen LogP contribution < -0.4 is 0 Å². The third-order valence-corrected chi connectivity index (χ3v) is 3.62. The van der Waals surface area contributed by atoms with Crippen molar-refractivity contribution in [1.29, 1.82) is 0 Å². The maximum absolute atomic E-state index is 11.1. The van der Waals surface area contributed by atoms with Crippen LogP contribution in [0.25, 0.3) is 0 Å². The van der Waals surface area contributed by atoms with Crippen LogP contribution >= 0.6 is 11.8 Å². The lowest BCUT2D eigenvalue weighted by molar-refractivity contribution is -0.118. The summed E-state index contributed by atoms with van der Waals surface area (Å²) in [5, 5.41) is 0. The minimum absolute atomic E-state index is 0.364. The number of pyridine rings is 1. The molecule has 0 saturated carbocycles. The van der Waals surface area contributed by atoms with E-state index in [1.54, 1.807) is 11.8 Å². The van der Waals surface area contributed by atoms with Crippen LogP contribution in [0.1, 0.15) is 45.1 Å². The Bertz CT molecular complexity index is 352. The summed E-state index contributed by atoms with van der Waals surface area (Å²) >= 11 is 1.80. The Morgan fingerprint density at radius 2 is 2.18 bits per heavy atom. The van der Waals surface area contributed by atoms with Crippen LogP contribution in [-0.2, 0) is 11.2 Å². The summed E-state index contributed by atoms with van der Waals surface area (Å²) in [6, 6.07) is 2.21. The van der Waals surface area contributed by atoms with E-state index in [2.05, 4.69) is 18.0 Å². The molecule has 0 radical (unpaired) electrons. The van der Waals surface area contributed by atoms with Gasteiger partial charge in [-0.25, -0.2) is 0 Å². The molecule has 0 N–H and O–H groups in total. The van der Waals surface area contributed by atoms with Gasteiger partial charge in [-0.2, -0.15) is 0 Å². The topological polar surface area (TPSA) is 30.0 Å². The van der Waals surface area contributed by atoms with Gasteiger partial charge in [0.1, 0.15) is 5.78 Å². The molecule has 1 rings (SSSR count). The van der Waals surface area contributed by atoms with Crippen molar-refractivity contribution in [2.75, 3.05) is 5.75 Å². The zero-order valence-corrected chi connectivity index (χ0v) is 11.6. The molecule has 0 spiro atoms. The molecule has 0 aliphatic heterocycles. The van der Waals surface area contributed by atoms with Crippen molar-refractivity contribution in [3.63, 3.8) is 0 Å². The molecular weight excluding hydrogens is 230 g/mol. The number of hydrogen-bond donors (Lipinski definition) is 0. The lowest BCUT2D eigenvalue weighted by Crippen LogP contribution is -1.95. The fraction of sp³-hybridized carbons (Fsp3) is 0.571. The molecule has 0 bridgehead atoms. The van der Waals surface area contributed by atoms with Crippen molar-refractivity contribution in [3.05, 3.63) is 24.0 Å². The molecule has 0 aliphatic carbocycles. The van der Waals surface area contributed by atoms with E-state index >= 15 is 0 Å². The van der Waals surface area contributed by atoms with Crippen LogP contribution in [0.4, 0.5) is 0 Å². The zero-order valence-electron chi connectivity index (χ0n) is 10.7. The monoisotopic (exact) mass is 251 g/mol. The van der Waals surface area contributed by atoms with E-state index in [1.165, 1.54) is 10.5 Å². The van der Waals surface area contributed by atoms with Crippen molar-refractivity contribution in [2.24, 2.45) is 0 Å². The smallest absolute Gasteiger partial charge is 0.132 e. The predicted octanol–water partition coefficient (Wildman–Crippen LogP) is 3.89. The molecule has 2 nitrogen and oxygen atoms in total. The number of nitrogens with zero attached hydrogens (tertiary/aromatic N) is 1. The SMILES string of the molecule is CCCc1cncc(SCCCC(=O)CC)c1. The van der Waals surface area contributed by atoms with Crippen LogP contribution in [-0.4, -0.2) is 16.5 Å². The molecule has 0 saturated heterocycles. The van der Waals surface area contributed by atoms with E-state index in [1.807, 2.05) is 19.3 Å². The van der Waals surface area contributed by atoms with Gasteiger partial charge < -0.3 is 0 Å². The summed E-state index contributed by atoms with van der Waals surface area (Å²) in [5.41, 5.74) is 1.31. The number of carbonyl (C=O) groups is 1. The summed E-state index contributed by atoms with van der Waals surface area (Å²) in [5.74, 6) is 1.37. The van der Waals surface area contributed by atoms with Crippen molar-refractivity contribution in [1.82, 2.24) is 4.98 Å². The molecule has 3 heteroatoms. The minimum Gasteiger partial charge on any atom is -0.300 e. The maximum atomic E-state index is 11.1. The van der Waals surface area contributed by atoms with Gasteiger partial charge in [0.15, 0.2) is 0 Å². The largest absolute Gasteiger partial charge is 0.300 e. The number of thioether (sulfide) groups is 1. The molecule has 0 aliphatic rings. The van der Waals surface area contributed by atoms with Gasteiger partial charge in [-0.1, -0.05) is 20.3 Å². The second-order valence-corrected chi connectivity index (χ2v) is 5.29. The third-order valence-electron chi connectivity index (χ3n) is 2.57. The molecular formula is C14H21NOS. The van der Waals surface area contributed by atoms with E-state index in [0.717, 1.165) is 25.0 Å². The lowest BCUT2D eigenvalue weighted by Gasteiger charge is -2.03.